The van der Waals surface area contributed by atoms with E-state index >= 15 is 0 Å². The smallest absolute Gasteiger partial charge is 0.272 e. The first kappa shape index (κ1) is 15.3. The van der Waals surface area contributed by atoms with Gasteiger partial charge in [-0.15, -0.1) is 0 Å². The van der Waals surface area contributed by atoms with Gasteiger partial charge in [0.25, 0.3) is 5.91 Å². The number of amides is 1. The number of nitrogens with one attached hydrogen (secondary N) is 1. The highest BCUT2D eigenvalue weighted by Crippen LogP contribution is 2.54. The van der Waals surface area contributed by atoms with Gasteiger partial charge >= 0.3 is 0 Å². The summed E-state index contributed by atoms with van der Waals surface area (Å²) >= 11 is 0. The van der Waals surface area contributed by atoms with Crippen LogP contribution in [-0.2, 0) is 0 Å². The van der Waals surface area contributed by atoms with Crippen LogP contribution in [0.1, 0.15) is 52.8 Å². The molecule has 2 atom stereocenters. The quantitative estimate of drug-likeness (QED) is 0.902. The van der Waals surface area contributed by atoms with E-state index in [2.05, 4.69) is 10.4 Å². The van der Waals surface area contributed by atoms with Crippen LogP contribution >= 0.6 is 0 Å². The average Bonchev–Trinajstić information content (AvgIpc) is 3.24. The molecule has 1 aromatic carbocycles. The molecule has 1 saturated carbocycles. The number of hydrogen-bond acceptors (Lipinski definition) is 3. The van der Waals surface area contributed by atoms with Gasteiger partial charge in [0.1, 0.15) is 11.5 Å². The Labute approximate surface area is 137 Å². The van der Waals surface area contributed by atoms with Crippen molar-refractivity contribution in [3.8, 4) is 5.69 Å². The number of aliphatic hydroxyl groups excluding tert-OH is 1. The number of nitrogens with zero attached hydrogens (tertiary/aromatic N) is 2. The van der Waals surface area contributed by atoms with E-state index in [1.807, 2.05) is 0 Å². The van der Waals surface area contributed by atoms with Crippen molar-refractivity contribution in [2.24, 2.45) is 0 Å². The van der Waals surface area contributed by atoms with Gasteiger partial charge in [-0.2, -0.15) is 5.10 Å². The van der Waals surface area contributed by atoms with Gasteiger partial charge in [-0.1, -0.05) is 0 Å². The summed E-state index contributed by atoms with van der Waals surface area (Å²) in [7, 11) is 0. The number of aromatic nitrogens is 2. The van der Waals surface area contributed by atoms with Gasteiger partial charge in [0.2, 0.25) is 0 Å². The number of halogens is 2. The normalized spacial score (nSPS) is 21.1. The van der Waals surface area contributed by atoms with Gasteiger partial charge in [0.15, 0.2) is 11.5 Å². The first-order valence-electron chi connectivity index (χ1n) is 8.07. The van der Waals surface area contributed by atoms with Crippen molar-refractivity contribution in [2.75, 3.05) is 13.2 Å². The fourth-order valence-corrected chi connectivity index (χ4v) is 3.99. The maximum atomic E-state index is 14.2. The topological polar surface area (TPSA) is 67.2 Å². The van der Waals surface area contributed by atoms with Crippen molar-refractivity contribution in [1.29, 1.82) is 0 Å². The highest BCUT2D eigenvalue weighted by atomic mass is 19.1. The van der Waals surface area contributed by atoms with Gasteiger partial charge in [0.05, 0.1) is 12.3 Å². The summed E-state index contributed by atoms with van der Waals surface area (Å²) in [5, 5.41) is 15.8. The monoisotopic (exact) mass is 333 g/mol. The van der Waals surface area contributed by atoms with Crippen molar-refractivity contribution in [3.63, 3.8) is 0 Å². The minimum Gasteiger partial charge on any atom is -0.395 e. The molecule has 5 nitrogen and oxygen atoms in total. The Hall–Kier alpha value is -2.28. The molecule has 2 aromatic rings. The van der Waals surface area contributed by atoms with E-state index in [0.29, 0.717) is 0 Å². The van der Waals surface area contributed by atoms with Crippen LogP contribution in [0.5, 0.6) is 0 Å². The van der Waals surface area contributed by atoms with E-state index in [4.69, 9.17) is 5.11 Å². The minimum absolute atomic E-state index is 0.138. The van der Waals surface area contributed by atoms with Crippen LogP contribution in [0.25, 0.3) is 5.69 Å². The Balaban J connectivity index is 1.84. The summed E-state index contributed by atoms with van der Waals surface area (Å²) in [6.45, 7) is -0.0211. The molecule has 0 saturated heterocycles. The molecule has 0 spiro atoms. The van der Waals surface area contributed by atoms with E-state index in [-0.39, 0.29) is 42.3 Å². The summed E-state index contributed by atoms with van der Waals surface area (Å²) in [6.07, 6.45) is 2.93. The molecular weight excluding hydrogens is 316 g/mol. The molecular formula is C17H17F2N3O2. The van der Waals surface area contributed by atoms with Crippen LogP contribution < -0.4 is 5.32 Å². The molecule has 2 bridgehead atoms. The predicted molar refractivity (Wildman–Crippen MR) is 82.2 cm³/mol. The van der Waals surface area contributed by atoms with Gasteiger partial charge in [-0.05, 0) is 37.3 Å². The highest BCUT2D eigenvalue weighted by molar-refractivity contribution is 5.94. The van der Waals surface area contributed by atoms with E-state index in [1.54, 1.807) is 0 Å². The van der Waals surface area contributed by atoms with Crippen LogP contribution in [0.2, 0.25) is 0 Å². The lowest BCUT2D eigenvalue weighted by Gasteiger charge is -2.14. The zero-order chi connectivity index (χ0) is 16.8. The summed E-state index contributed by atoms with van der Waals surface area (Å²) in [5.74, 6) is -1.21. The van der Waals surface area contributed by atoms with E-state index in [9.17, 15) is 13.6 Å². The first-order valence-corrected chi connectivity index (χ1v) is 8.07. The minimum atomic E-state index is -0.703. The largest absolute Gasteiger partial charge is 0.395 e. The zero-order valence-electron chi connectivity index (χ0n) is 12.9. The summed E-state index contributed by atoms with van der Waals surface area (Å²) in [6, 6.07) is 3.35. The number of fused-ring (bicyclic) bond motifs is 5. The predicted octanol–water partition coefficient (Wildman–Crippen LogP) is 2.24. The molecule has 2 aliphatic rings. The molecule has 1 aromatic heterocycles. The number of carbonyl (C=O) groups excluding carboxylic acids is 1. The maximum Gasteiger partial charge on any atom is 0.272 e. The van der Waals surface area contributed by atoms with E-state index in [1.165, 1.54) is 16.8 Å². The van der Waals surface area contributed by atoms with Gasteiger partial charge in [0, 0.05) is 24.1 Å². The third kappa shape index (κ3) is 2.23. The number of benzene rings is 1. The van der Waals surface area contributed by atoms with E-state index < -0.39 is 11.6 Å². The van der Waals surface area contributed by atoms with Crippen LogP contribution in [0.3, 0.4) is 0 Å². The molecule has 2 N–H and O–H groups in total. The molecule has 7 heteroatoms. The van der Waals surface area contributed by atoms with Crippen LogP contribution in [0, 0.1) is 11.6 Å². The lowest BCUT2D eigenvalue weighted by Crippen LogP contribution is -2.28. The molecule has 2 unspecified atom stereocenters. The lowest BCUT2D eigenvalue weighted by molar-refractivity contribution is 0.0938. The number of carbonyl (C=O) groups is 1. The fourth-order valence-electron chi connectivity index (χ4n) is 3.99. The molecule has 0 radical (unpaired) electrons. The summed E-state index contributed by atoms with van der Waals surface area (Å²) < 4.78 is 28.9. The number of hydrogen-bond donors (Lipinski definition) is 2. The van der Waals surface area contributed by atoms with Crippen molar-refractivity contribution in [2.45, 2.75) is 31.1 Å². The Morgan fingerprint density at radius 1 is 1.33 bits per heavy atom. The highest BCUT2D eigenvalue weighted by Gasteiger charge is 2.44. The number of rotatable bonds is 4. The van der Waals surface area contributed by atoms with Crippen molar-refractivity contribution in [3.05, 3.63) is 46.8 Å². The third-order valence-electron chi connectivity index (χ3n) is 4.94. The van der Waals surface area contributed by atoms with Gasteiger partial charge < -0.3 is 10.4 Å². The number of aliphatic hydroxyl groups is 1. The molecule has 4 rings (SSSR count). The Morgan fingerprint density at radius 2 is 2.12 bits per heavy atom. The molecule has 2 aliphatic carbocycles. The summed E-state index contributed by atoms with van der Waals surface area (Å²) in [5.41, 5.74) is 2.19. The molecule has 126 valence electrons. The van der Waals surface area contributed by atoms with Gasteiger partial charge in [-0.25, -0.2) is 13.5 Å². The Kier molecular flexibility index (Phi) is 3.60. The van der Waals surface area contributed by atoms with Crippen LogP contribution in [-0.4, -0.2) is 33.9 Å². The fraction of sp³-hybridized carbons (Fsp3) is 0.412. The molecule has 1 amide bonds. The second-order valence-corrected chi connectivity index (χ2v) is 6.34. The van der Waals surface area contributed by atoms with E-state index in [0.717, 1.165) is 36.6 Å². The SMILES string of the molecule is O=C(NCCO)c1nn(-c2ccc(F)cc2F)c2c1C1CCC2C1. The molecule has 1 fully saturated rings. The Morgan fingerprint density at radius 3 is 2.88 bits per heavy atom. The first-order chi connectivity index (χ1) is 11.6. The average molecular weight is 333 g/mol. The Bertz CT molecular complexity index is 818. The second kappa shape index (κ2) is 5.66. The van der Waals surface area contributed by atoms with Crippen LogP contribution in [0.4, 0.5) is 8.78 Å². The maximum absolute atomic E-state index is 14.2. The molecule has 1 heterocycles. The molecule has 0 aliphatic heterocycles. The zero-order valence-corrected chi connectivity index (χ0v) is 12.9. The van der Waals surface area contributed by atoms with Crippen molar-refractivity contribution < 1.29 is 18.7 Å². The lowest BCUT2D eigenvalue weighted by atomic mass is 9.95. The summed E-state index contributed by atoms with van der Waals surface area (Å²) in [4.78, 5) is 12.4. The molecule has 24 heavy (non-hydrogen) atoms. The third-order valence-corrected chi connectivity index (χ3v) is 4.94. The van der Waals surface area contributed by atoms with Crippen molar-refractivity contribution in [1.82, 2.24) is 15.1 Å². The standard InChI is InChI=1S/C17H17F2N3O2/c18-11-3-4-13(12(19)8-11)22-16-10-2-1-9(7-10)14(16)15(21-22)17(24)20-5-6-23/h3-4,8-10,23H,1-2,5-7H2,(H,20,24). The van der Waals surface area contributed by atoms with Crippen molar-refractivity contribution >= 4 is 5.91 Å². The second-order valence-electron chi connectivity index (χ2n) is 6.34. The van der Waals surface area contributed by atoms with Gasteiger partial charge in [-0.3, -0.25) is 4.79 Å². The van der Waals surface area contributed by atoms with Crippen LogP contribution in [0.15, 0.2) is 18.2 Å².